The van der Waals surface area contributed by atoms with Crippen LogP contribution in [0.15, 0.2) is 54.1 Å². The lowest BCUT2D eigenvalue weighted by Gasteiger charge is -2.30. The number of hydrogen-bond donors (Lipinski definition) is 1. The Bertz CT molecular complexity index is 1180. The van der Waals surface area contributed by atoms with E-state index in [1.165, 1.54) is 53.4 Å². The van der Waals surface area contributed by atoms with Gasteiger partial charge in [0, 0.05) is 16.6 Å². The minimum atomic E-state index is -3.35. The van der Waals surface area contributed by atoms with Crippen LogP contribution in [0.2, 0.25) is 5.02 Å². The van der Waals surface area contributed by atoms with Crippen molar-refractivity contribution in [2.24, 2.45) is 0 Å². The molecule has 2 aromatic carbocycles. The average molecular weight is 450 g/mol. The van der Waals surface area contributed by atoms with E-state index < -0.39 is 45.2 Å². The lowest BCUT2D eigenvalue weighted by atomic mass is 9.94. The Hall–Kier alpha value is -2.71. The molecule has 0 aliphatic carbocycles. The third-order valence-electron chi connectivity index (χ3n) is 5.36. The molecule has 6 nitrogen and oxygen atoms in total. The van der Waals surface area contributed by atoms with Crippen molar-refractivity contribution in [2.45, 2.75) is 18.5 Å². The van der Waals surface area contributed by atoms with E-state index in [0.29, 0.717) is 5.02 Å². The number of halogens is 2. The molecule has 1 N–H and O–H groups in total. The summed E-state index contributed by atoms with van der Waals surface area (Å²) >= 11 is 5.88. The van der Waals surface area contributed by atoms with Gasteiger partial charge in [0.1, 0.15) is 11.6 Å². The first kappa shape index (κ1) is 20.6. The highest BCUT2D eigenvalue weighted by Crippen LogP contribution is 2.42. The van der Waals surface area contributed by atoms with Gasteiger partial charge in [0.2, 0.25) is 0 Å². The van der Waals surface area contributed by atoms with Crippen LogP contribution in [0, 0.1) is 5.82 Å². The Labute approximate surface area is 177 Å². The summed E-state index contributed by atoms with van der Waals surface area (Å²) in [5.41, 5.74) is 0.323. The number of likely N-dealkylation sites (tertiary alicyclic amines) is 1. The molecular formula is C21H17ClFNO5S. The molecule has 1 amide bonds. The molecule has 4 rings (SSSR count). The summed E-state index contributed by atoms with van der Waals surface area (Å²) in [5, 5.41) is 11.3. The smallest absolute Gasteiger partial charge is 0.295 e. The van der Waals surface area contributed by atoms with E-state index in [-0.39, 0.29) is 34.6 Å². The van der Waals surface area contributed by atoms with Crippen LogP contribution >= 0.6 is 11.6 Å². The molecule has 0 bridgehead atoms. The van der Waals surface area contributed by atoms with Crippen molar-refractivity contribution in [1.82, 2.24) is 4.90 Å². The number of sulfone groups is 1. The quantitative estimate of drug-likeness (QED) is 0.441. The lowest BCUT2D eigenvalue weighted by Crippen LogP contribution is -2.40. The predicted octanol–water partition coefficient (Wildman–Crippen LogP) is 3.09. The Kier molecular flexibility index (Phi) is 5.15. The van der Waals surface area contributed by atoms with Gasteiger partial charge in [-0.2, -0.15) is 0 Å². The van der Waals surface area contributed by atoms with E-state index in [1.54, 1.807) is 0 Å². The van der Waals surface area contributed by atoms with Gasteiger partial charge in [0.15, 0.2) is 9.84 Å². The fraction of sp³-hybridized carbons (Fsp3) is 0.238. The maximum absolute atomic E-state index is 14.0. The molecule has 0 radical (unpaired) electrons. The van der Waals surface area contributed by atoms with E-state index >= 15 is 0 Å². The third-order valence-corrected chi connectivity index (χ3v) is 7.37. The van der Waals surface area contributed by atoms with Gasteiger partial charge in [-0.3, -0.25) is 9.59 Å². The molecule has 2 aliphatic heterocycles. The monoisotopic (exact) mass is 449 g/mol. The third kappa shape index (κ3) is 3.61. The number of carbonyl (C=O) groups is 2. The number of benzene rings is 2. The summed E-state index contributed by atoms with van der Waals surface area (Å²) in [6.45, 7) is 0. The number of nitrogens with zero attached hydrogens (tertiary/aromatic N) is 1. The van der Waals surface area contributed by atoms with E-state index in [0.717, 1.165) is 0 Å². The maximum Gasteiger partial charge on any atom is 0.295 e. The normalized spacial score (nSPS) is 25.1. The number of aliphatic hydroxyl groups is 1. The molecule has 156 valence electrons. The van der Waals surface area contributed by atoms with Crippen molar-refractivity contribution in [1.29, 1.82) is 0 Å². The molecule has 30 heavy (non-hydrogen) atoms. The van der Waals surface area contributed by atoms with Crippen LogP contribution in [0.5, 0.6) is 0 Å². The van der Waals surface area contributed by atoms with Gasteiger partial charge in [0.05, 0.1) is 23.1 Å². The second-order valence-electron chi connectivity index (χ2n) is 7.33. The Morgan fingerprint density at radius 1 is 1.13 bits per heavy atom. The van der Waals surface area contributed by atoms with Gasteiger partial charge in [-0.25, -0.2) is 12.8 Å². The van der Waals surface area contributed by atoms with Crippen LogP contribution in [0.4, 0.5) is 4.39 Å². The molecule has 2 fully saturated rings. The molecule has 2 heterocycles. The van der Waals surface area contributed by atoms with E-state index in [4.69, 9.17) is 11.6 Å². The molecule has 2 aromatic rings. The molecule has 2 unspecified atom stereocenters. The first-order chi connectivity index (χ1) is 14.2. The number of ketones is 1. The van der Waals surface area contributed by atoms with E-state index in [1.807, 2.05) is 0 Å². The first-order valence-corrected chi connectivity index (χ1v) is 11.4. The zero-order chi connectivity index (χ0) is 21.6. The highest BCUT2D eigenvalue weighted by molar-refractivity contribution is 7.91. The zero-order valence-corrected chi connectivity index (χ0v) is 17.2. The number of carbonyl (C=O) groups excluding carboxylic acids is 2. The average Bonchev–Trinajstić information content (AvgIpc) is 3.18. The van der Waals surface area contributed by atoms with Crippen molar-refractivity contribution in [3.63, 3.8) is 0 Å². The minimum Gasteiger partial charge on any atom is -0.507 e. The highest BCUT2D eigenvalue weighted by atomic mass is 35.5. The van der Waals surface area contributed by atoms with Gasteiger partial charge in [-0.15, -0.1) is 0 Å². The first-order valence-electron chi connectivity index (χ1n) is 9.20. The fourth-order valence-corrected chi connectivity index (χ4v) is 5.83. The van der Waals surface area contributed by atoms with Crippen molar-refractivity contribution in [3.8, 4) is 0 Å². The number of amides is 1. The van der Waals surface area contributed by atoms with Crippen molar-refractivity contribution in [3.05, 3.63) is 76.1 Å². The summed E-state index contributed by atoms with van der Waals surface area (Å²) in [6.07, 6.45) is 0.169. The van der Waals surface area contributed by atoms with Crippen LogP contribution in [0.25, 0.3) is 5.76 Å². The number of rotatable bonds is 3. The number of Topliss-reactive ketones (excluding diaryl/α,β-unsaturated/α-hetero) is 1. The molecule has 0 aromatic heterocycles. The van der Waals surface area contributed by atoms with Gasteiger partial charge < -0.3 is 10.0 Å². The lowest BCUT2D eigenvalue weighted by molar-refractivity contribution is -0.141. The summed E-state index contributed by atoms with van der Waals surface area (Å²) < 4.78 is 38.0. The van der Waals surface area contributed by atoms with E-state index in [9.17, 15) is 27.5 Å². The van der Waals surface area contributed by atoms with Crippen LogP contribution in [-0.4, -0.2) is 47.7 Å². The van der Waals surface area contributed by atoms with Gasteiger partial charge in [-0.05, 0) is 48.4 Å². The van der Waals surface area contributed by atoms with Gasteiger partial charge in [0.25, 0.3) is 11.7 Å². The number of hydrogen-bond acceptors (Lipinski definition) is 5. The van der Waals surface area contributed by atoms with Crippen LogP contribution in [-0.2, 0) is 19.4 Å². The fourth-order valence-electron chi connectivity index (χ4n) is 3.99. The summed E-state index contributed by atoms with van der Waals surface area (Å²) in [5.74, 6) is -3.25. The molecule has 9 heteroatoms. The largest absolute Gasteiger partial charge is 0.507 e. The van der Waals surface area contributed by atoms with E-state index in [2.05, 4.69) is 0 Å². The number of aliphatic hydroxyl groups excluding tert-OH is 1. The minimum absolute atomic E-state index is 0.103. The summed E-state index contributed by atoms with van der Waals surface area (Å²) in [7, 11) is -3.35. The second kappa shape index (κ2) is 7.52. The second-order valence-corrected chi connectivity index (χ2v) is 9.99. The van der Waals surface area contributed by atoms with Gasteiger partial charge >= 0.3 is 0 Å². The zero-order valence-electron chi connectivity index (χ0n) is 15.6. The maximum atomic E-state index is 14.0. The molecule has 0 spiro atoms. The van der Waals surface area contributed by atoms with Crippen molar-refractivity contribution < 1.29 is 27.5 Å². The Balaban J connectivity index is 1.90. The summed E-state index contributed by atoms with van der Waals surface area (Å²) in [6, 6.07) is 9.54. The van der Waals surface area contributed by atoms with Crippen molar-refractivity contribution >= 4 is 38.9 Å². The SMILES string of the molecule is O=C1C(=O)N(C2CCS(=O)(=O)C2)C(c2cccc(F)c2)/C1=C(\O)c1ccc(Cl)cc1. The Morgan fingerprint density at radius 2 is 1.83 bits per heavy atom. The summed E-state index contributed by atoms with van der Waals surface area (Å²) in [4.78, 5) is 27.0. The topological polar surface area (TPSA) is 91.8 Å². The molecule has 2 saturated heterocycles. The standard InChI is InChI=1S/C21H17ClFNO5S/c22-14-6-4-12(5-7-14)19(25)17-18(13-2-1-3-15(23)10-13)24(21(27)20(17)26)16-8-9-30(28,29)11-16/h1-7,10,16,18,25H,8-9,11H2/b19-17+. The van der Waals surface area contributed by atoms with Crippen LogP contribution in [0.1, 0.15) is 23.6 Å². The van der Waals surface area contributed by atoms with Crippen LogP contribution in [0.3, 0.4) is 0 Å². The molecular weight excluding hydrogens is 433 g/mol. The molecule has 2 aliphatic rings. The Morgan fingerprint density at radius 3 is 2.43 bits per heavy atom. The molecule has 0 saturated carbocycles. The van der Waals surface area contributed by atoms with Crippen LogP contribution < -0.4 is 0 Å². The molecule has 2 atom stereocenters. The van der Waals surface area contributed by atoms with Gasteiger partial charge in [-0.1, -0.05) is 23.7 Å². The van der Waals surface area contributed by atoms with Crippen molar-refractivity contribution in [2.75, 3.05) is 11.5 Å². The predicted molar refractivity (Wildman–Crippen MR) is 109 cm³/mol. The highest BCUT2D eigenvalue weighted by Gasteiger charge is 2.51.